The van der Waals surface area contributed by atoms with Crippen LogP contribution < -0.4 is 10.6 Å². The smallest absolute Gasteiger partial charge is 0.325 e. The highest BCUT2D eigenvalue weighted by Gasteiger charge is 2.07. The van der Waals surface area contributed by atoms with Crippen molar-refractivity contribution >= 4 is 23.5 Å². The van der Waals surface area contributed by atoms with E-state index in [2.05, 4.69) is 15.4 Å². The van der Waals surface area contributed by atoms with Gasteiger partial charge in [-0.15, -0.1) is 0 Å². The molecule has 0 spiro atoms. The average molecular weight is 250 g/mol. The first-order valence-corrected chi connectivity index (χ1v) is 5.25. The molecule has 2 N–H and O–H groups in total. The van der Waals surface area contributed by atoms with Crippen molar-refractivity contribution in [3.05, 3.63) is 29.8 Å². The molecule has 1 aromatic carbocycles. The number of esters is 1. The number of hydrogen-bond donors (Lipinski definition) is 2. The molecule has 0 heterocycles. The van der Waals surface area contributed by atoms with Gasteiger partial charge in [0, 0.05) is 18.2 Å². The van der Waals surface area contributed by atoms with Crippen LogP contribution in [0, 0.1) is 0 Å². The Morgan fingerprint density at radius 1 is 1.17 bits per heavy atom. The molecule has 1 aromatic rings. The SMILES string of the molecule is COC(=O)CNC(=O)c1ccc(NC(C)=O)cc1. The van der Waals surface area contributed by atoms with Gasteiger partial charge in [0.15, 0.2) is 0 Å². The van der Waals surface area contributed by atoms with Crippen molar-refractivity contribution in [3.8, 4) is 0 Å². The molecular formula is C12H14N2O4. The summed E-state index contributed by atoms with van der Waals surface area (Å²) in [4.78, 5) is 33.2. The Morgan fingerprint density at radius 3 is 2.28 bits per heavy atom. The first-order valence-electron chi connectivity index (χ1n) is 5.25. The second kappa shape index (κ2) is 6.39. The second-order valence-electron chi connectivity index (χ2n) is 3.52. The number of hydrogen-bond acceptors (Lipinski definition) is 4. The predicted molar refractivity (Wildman–Crippen MR) is 65.1 cm³/mol. The number of methoxy groups -OCH3 is 1. The summed E-state index contributed by atoms with van der Waals surface area (Å²) in [5.41, 5.74) is 1.00. The second-order valence-corrected chi connectivity index (χ2v) is 3.52. The lowest BCUT2D eigenvalue weighted by atomic mass is 10.2. The maximum absolute atomic E-state index is 11.6. The number of carbonyl (C=O) groups is 3. The van der Waals surface area contributed by atoms with Crippen LogP contribution >= 0.6 is 0 Å². The van der Waals surface area contributed by atoms with Crippen LogP contribution in [-0.4, -0.2) is 31.4 Å². The molecule has 0 fully saturated rings. The number of nitrogens with one attached hydrogen (secondary N) is 2. The third-order valence-electron chi connectivity index (χ3n) is 2.09. The van der Waals surface area contributed by atoms with Gasteiger partial charge in [-0.25, -0.2) is 0 Å². The molecule has 0 aromatic heterocycles. The van der Waals surface area contributed by atoms with Gasteiger partial charge in [0.1, 0.15) is 6.54 Å². The van der Waals surface area contributed by atoms with Gasteiger partial charge in [0.2, 0.25) is 5.91 Å². The summed E-state index contributed by atoms with van der Waals surface area (Å²) >= 11 is 0. The van der Waals surface area contributed by atoms with Gasteiger partial charge < -0.3 is 15.4 Å². The van der Waals surface area contributed by atoms with Crippen LogP contribution in [0.4, 0.5) is 5.69 Å². The summed E-state index contributed by atoms with van der Waals surface area (Å²) in [6, 6.07) is 6.32. The Hall–Kier alpha value is -2.37. The largest absolute Gasteiger partial charge is 0.468 e. The minimum absolute atomic E-state index is 0.178. The zero-order chi connectivity index (χ0) is 13.5. The summed E-state index contributed by atoms with van der Waals surface area (Å²) < 4.78 is 4.40. The topological polar surface area (TPSA) is 84.5 Å². The number of anilines is 1. The predicted octanol–water partition coefficient (Wildman–Crippen LogP) is 0.548. The fourth-order valence-electron chi connectivity index (χ4n) is 1.23. The Morgan fingerprint density at radius 2 is 1.78 bits per heavy atom. The Balaban J connectivity index is 2.59. The van der Waals surface area contributed by atoms with Crippen LogP contribution in [0.5, 0.6) is 0 Å². The third-order valence-corrected chi connectivity index (χ3v) is 2.09. The van der Waals surface area contributed by atoms with E-state index in [4.69, 9.17) is 0 Å². The van der Waals surface area contributed by atoms with Crippen molar-refractivity contribution in [3.63, 3.8) is 0 Å². The van der Waals surface area contributed by atoms with E-state index in [1.807, 2.05) is 0 Å². The summed E-state index contributed by atoms with van der Waals surface area (Å²) in [7, 11) is 1.25. The molecule has 6 heteroatoms. The molecular weight excluding hydrogens is 236 g/mol. The van der Waals surface area contributed by atoms with Crippen molar-refractivity contribution in [2.75, 3.05) is 19.0 Å². The first-order chi connectivity index (χ1) is 8.52. The highest BCUT2D eigenvalue weighted by Crippen LogP contribution is 2.09. The van der Waals surface area contributed by atoms with Gasteiger partial charge in [-0.1, -0.05) is 0 Å². The molecule has 0 aliphatic carbocycles. The molecule has 0 radical (unpaired) electrons. The fourth-order valence-corrected chi connectivity index (χ4v) is 1.23. The van der Waals surface area contributed by atoms with Crippen molar-refractivity contribution in [1.29, 1.82) is 0 Å². The lowest BCUT2D eigenvalue weighted by Gasteiger charge is -2.05. The number of carbonyl (C=O) groups excluding carboxylic acids is 3. The van der Waals surface area contributed by atoms with Gasteiger partial charge in [-0.05, 0) is 24.3 Å². The van der Waals surface area contributed by atoms with E-state index in [0.717, 1.165) is 0 Å². The van der Waals surface area contributed by atoms with E-state index in [9.17, 15) is 14.4 Å². The van der Waals surface area contributed by atoms with Gasteiger partial charge in [-0.3, -0.25) is 14.4 Å². The summed E-state index contributed by atoms with van der Waals surface area (Å²) in [5.74, 6) is -1.08. The van der Waals surface area contributed by atoms with Crippen LogP contribution in [0.25, 0.3) is 0 Å². The molecule has 0 aliphatic heterocycles. The number of benzene rings is 1. The molecule has 0 unspecified atom stereocenters. The highest BCUT2D eigenvalue weighted by atomic mass is 16.5. The molecule has 2 amide bonds. The summed E-state index contributed by atoms with van der Waals surface area (Å²) in [5, 5.41) is 4.99. The summed E-state index contributed by atoms with van der Waals surface area (Å²) in [6.07, 6.45) is 0. The quantitative estimate of drug-likeness (QED) is 0.764. The van der Waals surface area contributed by atoms with Crippen LogP contribution in [-0.2, 0) is 14.3 Å². The van der Waals surface area contributed by atoms with Crippen molar-refractivity contribution in [2.24, 2.45) is 0 Å². The maximum atomic E-state index is 11.6. The first kappa shape index (κ1) is 13.7. The normalized spacial score (nSPS) is 9.44. The van der Waals surface area contributed by atoms with Crippen LogP contribution in [0.3, 0.4) is 0 Å². The highest BCUT2D eigenvalue weighted by molar-refractivity contribution is 5.96. The minimum Gasteiger partial charge on any atom is -0.468 e. The zero-order valence-corrected chi connectivity index (χ0v) is 10.1. The lowest BCUT2D eigenvalue weighted by Crippen LogP contribution is -2.30. The molecule has 6 nitrogen and oxygen atoms in total. The standard InChI is InChI=1S/C12H14N2O4/c1-8(15)14-10-5-3-9(4-6-10)12(17)13-7-11(16)18-2/h3-6H,7H2,1-2H3,(H,13,17)(H,14,15). The minimum atomic E-state index is -0.516. The van der Waals surface area contributed by atoms with Gasteiger partial charge >= 0.3 is 5.97 Å². The van der Waals surface area contributed by atoms with E-state index in [1.165, 1.54) is 14.0 Å². The Kier molecular flexibility index (Phi) is 4.86. The van der Waals surface area contributed by atoms with Gasteiger partial charge in [0.25, 0.3) is 5.91 Å². The summed E-state index contributed by atoms with van der Waals surface area (Å²) in [6.45, 7) is 1.22. The average Bonchev–Trinajstić information content (AvgIpc) is 2.35. The van der Waals surface area contributed by atoms with E-state index in [0.29, 0.717) is 11.3 Å². The van der Waals surface area contributed by atoms with Crippen LogP contribution in [0.2, 0.25) is 0 Å². The van der Waals surface area contributed by atoms with E-state index in [-0.39, 0.29) is 18.4 Å². The molecule has 18 heavy (non-hydrogen) atoms. The number of amides is 2. The number of ether oxygens (including phenoxy) is 1. The van der Waals surface area contributed by atoms with Gasteiger partial charge in [-0.2, -0.15) is 0 Å². The molecule has 0 atom stereocenters. The van der Waals surface area contributed by atoms with Gasteiger partial charge in [0.05, 0.1) is 7.11 Å². The van der Waals surface area contributed by atoms with Crippen molar-refractivity contribution in [1.82, 2.24) is 5.32 Å². The molecule has 0 saturated carbocycles. The monoisotopic (exact) mass is 250 g/mol. The third kappa shape index (κ3) is 4.25. The van der Waals surface area contributed by atoms with E-state index in [1.54, 1.807) is 24.3 Å². The Bertz CT molecular complexity index is 454. The molecule has 1 rings (SSSR count). The number of rotatable bonds is 4. The molecule has 0 saturated heterocycles. The van der Waals surface area contributed by atoms with Crippen LogP contribution in [0.15, 0.2) is 24.3 Å². The van der Waals surface area contributed by atoms with Crippen LogP contribution in [0.1, 0.15) is 17.3 Å². The maximum Gasteiger partial charge on any atom is 0.325 e. The fraction of sp³-hybridized carbons (Fsp3) is 0.250. The lowest BCUT2D eigenvalue weighted by molar-refractivity contribution is -0.139. The van der Waals surface area contributed by atoms with Crippen molar-refractivity contribution < 1.29 is 19.1 Å². The van der Waals surface area contributed by atoms with E-state index >= 15 is 0 Å². The molecule has 0 aliphatic rings. The Labute approximate surface area is 104 Å². The molecule has 0 bridgehead atoms. The molecule has 96 valence electrons. The van der Waals surface area contributed by atoms with Crippen molar-refractivity contribution in [2.45, 2.75) is 6.92 Å². The zero-order valence-electron chi connectivity index (χ0n) is 10.1. The van der Waals surface area contributed by atoms with E-state index < -0.39 is 5.97 Å².